The zero-order valence-electron chi connectivity index (χ0n) is 11.2. The van der Waals surface area contributed by atoms with Crippen LogP contribution in [0.3, 0.4) is 0 Å². The monoisotopic (exact) mass is 336 g/mol. The minimum absolute atomic E-state index is 0.0205. The van der Waals surface area contributed by atoms with E-state index in [0.717, 1.165) is 32.1 Å². The van der Waals surface area contributed by atoms with Gasteiger partial charge in [-0.15, -0.1) is 0 Å². The third-order valence-corrected chi connectivity index (χ3v) is 6.25. The SMILES string of the molecule is CC1(NS(=O)(=O)c2ccc(Cl)c(N)c2Cl)CCCCC1. The van der Waals surface area contributed by atoms with E-state index in [1.165, 1.54) is 12.1 Å². The van der Waals surface area contributed by atoms with Crippen molar-refractivity contribution in [2.24, 2.45) is 0 Å². The van der Waals surface area contributed by atoms with Crippen LogP contribution in [0.1, 0.15) is 39.0 Å². The fraction of sp³-hybridized carbons (Fsp3) is 0.538. The molecule has 4 nitrogen and oxygen atoms in total. The van der Waals surface area contributed by atoms with Crippen molar-refractivity contribution in [3.8, 4) is 0 Å². The van der Waals surface area contributed by atoms with E-state index in [0.29, 0.717) is 0 Å². The maximum Gasteiger partial charge on any atom is 0.242 e. The van der Waals surface area contributed by atoms with E-state index >= 15 is 0 Å². The highest BCUT2D eigenvalue weighted by Gasteiger charge is 2.33. The molecule has 0 radical (unpaired) electrons. The maximum absolute atomic E-state index is 12.5. The molecule has 0 spiro atoms. The number of nitrogens with two attached hydrogens (primary N) is 1. The number of hydrogen-bond acceptors (Lipinski definition) is 3. The highest BCUT2D eigenvalue weighted by Crippen LogP contribution is 2.35. The van der Waals surface area contributed by atoms with E-state index in [2.05, 4.69) is 4.72 Å². The molecule has 3 N–H and O–H groups in total. The Labute approximate surface area is 129 Å². The van der Waals surface area contributed by atoms with E-state index in [1.807, 2.05) is 6.92 Å². The topological polar surface area (TPSA) is 72.2 Å². The molecule has 0 aromatic heterocycles. The van der Waals surface area contributed by atoms with Crippen molar-refractivity contribution in [1.82, 2.24) is 4.72 Å². The van der Waals surface area contributed by atoms with Crippen LogP contribution in [0.15, 0.2) is 17.0 Å². The quantitative estimate of drug-likeness (QED) is 0.828. The molecule has 0 amide bonds. The lowest BCUT2D eigenvalue weighted by Gasteiger charge is -2.34. The van der Waals surface area contributed by atoms with Crippen molar-refractivity contribution in [3.63, 3.8) is 0 Å². The molecule has 0 aliphatic heterocycles. The van der Waals surface area contributed by atoms with Gasteiger partial charge < -0.3 is 5.73 Å². The van der Waals surface area contributed by atoms with E-state index in [1.54, 1.807) is 0 Å². The molecule has 0 heterocycles. The number of hydrogen-bond donors (Lipinski definition) is 2. The smallest absolute Gasteiger partial charge is 0.242 e. The number of halogens is 2. The first-order chi connectivity index (χ1) is 9.25. The summed E-state index contributed by atoms with van der Waals surface area (Å²) in [7, 11) is -3.71. The summed E-state index contributed by atoms with van der Waals surface area (Å²) >= 11 is 11.8. The molecule has 0 atom stereocenters. The van der Waals surface area contributed by atoms with Crippen LogP contribution >= 0.6 is 23.2 Å². The fourth-order valence-electron chi connectivity index (χ4n) is 2.57. The molecule has 1 aromatic carbocycles. The average Bonchev–Trinajstić information content (AvgIpc) is 2.35. The number of nitrogens with one attached hydrogen (secondary N) is 1. The van der Waals surface area contributed by atoms with Crippen LogP contribution in [-0.2, 0) is 10.0 Å². The molecule has 1 aliphatic rings. The van der Waals surface area contributed by atoms with Gasteiger partial charge in [-0.2, -0.15) is 0 Å². The molecule has 112 valence electrons. The Morgan fingerprint density at radius 1 is 1.20 bits per heavy atom. The van der Waals surface area contributed by atoms with Crippen LogP contribution in [-0.4, -0.2) is 14.0 Å². The lowest BCUT2D eigenvalue weighted by molar-refractivity contribution is 0.294. The number of anilines is 1. The average molecular weight is 337 g/mol. The molecule has 7 heteroatoms. The summed E-state index contributed by atoms with van der Waals surface area (Å²) < 4.78 is 27.8. The van der Waals surface area contributed by atoms with E-state index in [9.17, 15) is 8.42 Å². The minimum Gasteiger partial charge on any atom is -0.396 e. The first-order valence-corrected chi connectivity index (χ1v) is 8.77. The van der Waals surface area contributed by atoms with Gasteiger partial charge >= 0.3 is 0 Å². The molecule has 1 aromatic rings. The number of nitrogen functional groups attached to an aromatic ring is 1. The molecule has 1 aliphatic carbocycles. The van der Waals surface area contributed by atoms with Gasteiger partial charge in [0.25, 0.3) is 0 Å². The van der Waals surface area contributed by atoms with Crippen molar-refractivity contribution in [2.75, 3.05) is 5.73 Å². The zero-order chi connectivity index (χ0) is 15.0. The third kappa shape index (κ3) is 3.22. The summed E-state index contributed by atoms with van der Waals surface area (Å²) in [5.74, 6) is 0. The number of benzene rings is 1. The molecule has 1 fully saturated rings. The zero-order valence-corrected chi connectivity index (χ0v) is 13.6. The Morgan fingerprint density at radius 3 is 2.40 bits per heavy atom. The van der Waals surface area contributed by atoms with Gasteiger partial charge in [-0.25, -0.2) is 13.1 Å². The van der Waals surface area contributed by atoms with Gasteiger partial charge in [-0.3, -0.25) is 0 Å². The number of rotatable bonds is 3. The highest BCUT2D eigenvalue weighted by molar-refractivity contribution is 7.89. The predicted molar refractivity (Wildman–Crippen MR) is 82.7 cm³/mol. The summed E-state index contributed by atoms with van der Waals surface area (Å²) in [4.78, 5) is -0.0205. The molecule has 1 saturated carbocycles. The first-order valence-electron chi connectivity index (χ1n) is 6.53. The van der Waals surface area contributed by atoms with Crippen molar-refractivity contribution >= 4 is 38.9 Å². The lowest BCUT2D eigenvalue weighted by Crippen LogP contribution is -2.47. The van der Waals surface area contributed by atoms with Crippen molar-refractivity contribution in [1.29, 1.82) is 0 Å². The minimum atomic E-state index is -3.71. The highest BCUT2D eigenvalue weighted by atomic mass is 35.5. The second kappa shape index (κ2) is 5.72. The molecule has 20 heavy (non-hydrogen) atoms. The van der Waals surface area contributed by atoms with Gasteiger partial charge in [0.1, 0.15) is 4.90 Å². The number of sulfonamides is 1. The normalized spacial score (nSPS) is 18.9. The van der Waals surface area contributed by atoms with Gasteiger partial charge in [0.15, 0.2) is 0 Å². The Kier molecular flexibility index (Phi) is 4.54. The van der Waals surface area contributed by atoms with Crippen LogP contribution in [0.2, 0.25) is 10.0 Å². The van der Waals surface area contributed by atoms with E-state index in [-0.39, 0.29) is 20.6 Å². The van der Waals surface area contributed by atoms with Crippen molar-refractivity contribution in [3.05, 3.63) is 22.2 Å². The summed E-state index contributed by atoms with van der Waals surface area (Å²) in [5, 5.41) is 0.224. The van der Waals surface area contributed by atoms with E-state index in [4.69, 9.17) is 28.9 Å². The van der Waals surface area contributed by atoms with Crippen molar-refractivity contribution in [2.45, 2.75) is 49.5 Å². The second-order valence-corrected chi connectivity index (χ2v) is 7.94. The summed E-state index contributed by atoms with van der Waals surface area (Å²) in [6.07, 6.45) is 4.84. The van der Waals surface area contributed by atoms with Crippen LogP contribution in [0.25, 0.3) is 0 Å². The third-order valence-electron chi connectivity index (χ3n) is 3.72. The predicted octanol–water partition coefficient (Wildman–Crippen LogP) is 3.58. The fourth-order valence-corrected chi connectivity index (χ4v) is 4.80. The maximum atomic E-state index is 12.5. The largest absolute Gasteiger partial charge is 0.396 e. The van der Waals surface area contributed by atoms with Gasteiger partial charge in [-0.05, 0) is 31.9 Å². The molecule has 2 rings (SSSR count). The molecule has 0 unspecified atom stereocenters. The van der Waals surface area contributed by atoms with Gasteiger partial charge in [0.2, 0.25) is 10.0 Å². The Bertz CT molecular complexity index is 611. The van der Waals surface area contributed by atoms with E-state index < -0.39 is 15.6 Å². The second-order valence-electron chi connectivity index (χ2n) is 5.50. The molecule has 0 saturated heterocycles. The van der Waals surface area contributed by atoms with Crippen molar-refractivity contribution < 1.29 is 8.42 Å². The first kappa shape index (κ1) is 15.9. The standard InChI is InChI=1S/C13H18Cl2N2O2S/c1-13(7-3-2-4-8-13)17-20(18,19)10-6-5-9(14)12(16)11(10)15/h5-6,17H,2-4,7-8,16H2,1H3. The lowest BCUT2D eigenvalue weighted by atomic mass is 9.84. The molecular formula is C13H18Cl2N2O2S. The van der Waals surface area contributed by atoms with Crippen LogP contribution < -0.4 is 10.5 Å². The molecule has 0 bridgehead atoms. The van der Waals surface area contributed by atoms with Gasteiger partial charge in [0.05, 0.1) is 15.7 Å². The molecular weight excluding hydrogens is 319 g/mol. The summed E-state index contributed by atoms with van der Waals surface area (Å²) in [5.41, 5.74) is 5.36. The Morgan fingerprint density at radius 2 is 1.80 bits per heavy atom. The Balaban J connectivity index is 2.33. The van der Waals surface area contributed by atoms with Crippen LogP contribution in [0.4, 0.5) is 5.69 Å². The van der Waals surface area contributed by atoms with Crippen LogP contribution in [0, 0.1) is 0 Å². The summed E-state index contributed by atoms with van der Waals surface area (Å²) in [6.45, 7) is 1.93. The van der Waals surface area contributed by atoms with Gasteiger partial charge in [0, 0.05) is 5.54 Å². The summed E-state index contributed by atoms with van der Waals surface area (Å²) in [6, 6.07) is 2.83. The van der Waals surface area contributed by atoms with Crippen LogP contribution in [0.5, 0.6) is 0 Å². The Hall–Kier alpha value is -0.490. The van der Waals surface area contributed by atoms with Gasteiger partial charge in [-0.1, -0.05) is 42.5 Å².